The monoisotopic (exact) mass is 346 g/mol. The summed E-state index contributed by atoms with van der Waals surface area (Å²) < 4.78 is 4.94. The van der Waals surface area contributed by atoms with Crippen molar-refractivity contribution in [3.8, 4) is 11.1 Å². The predicted octanol–water partition coefficient (Wildman–Crippen LogP) is 3.32. The first-order chi connectivity index (χ1) is 11.3. The molecule has 1 N–H and O–H groups in total. The lowest BCUT2D eigenvalue weighted by Crippen LogP contribution is -2.27. The molecule has 0 aliphatic rings. The fourth-order valence-electron chi connectivity index (χ4n) is 2.43. The molecular weight excluding hydrogens is 324 g/mol. The topological polar surface area (TPSA) is 58.6 Å². The minimum absolute atomic E-state index is 0.167. The largest absolute Gasteiger partial charge is 0.465 e. The van der Waals surface area contributed by atoms with E-state index in [2.05, 4.69) is 5.32 Å². The maximum absolute atomic E-state index is 12.3. The van der Waals surface area contributed by atoms with Crippen LogP contribution in [-0.2, 0) is 9.53 Å². The smallest absolute Gasteiger partial charge is 0.341 e. The van der Waals surface area contributed by atoms with Gasteiger partial charge in [0, 0.05) is 10.9 Å². The summed E-state index contributed by atoms with van der Waals surface area (Å²) in [4.78, 5) is 26.1. The summed E-state index contributed by atoms with van der Waals surface area (Å²) in [6, 6.07) is 6.09. The normalized spacial score (nSPS) is 10.8. The molecule has 0 saturated heterocycles. The van der Waals surface area contributed by atoms with Gasteiger partial charge in [-0.05, 0) is 39.1 Å². The number of hydrogen-bond donors (Lipinski definition) is 1. The van der Waals surface area contributed by atoms with Gasteiger partial charge in [-0.1, -0.05) is 23.8 Å². The predicted molar refractivity (Wildman–Crippen MR) is 97.8 cm³/mol. The number of nitrogens with zero attached hydrogens (tertiary/aromatic N) is 1. The molecule has 1 aromatic carbocycles. The van der Waals surface area contributed by atoms with E-state index in [0.29, 0.717) is 10.6 Å². The quantitative estimate of drug-likeness (QED) is 0.844. The molecule has 5 nitrogen and oxygen atoms in total. The van der Waals surface area contributed by atoms with E-state index in [1.165, 1.54) is 18.4 Å². The summed E-state index contributed by atoms with van der Waals surface area (Å²) in [7, 11) is 4.98. The van der Waals surface area contributed by atoms with Crippen molar-refractivity contribution in [1.82, 2.24) is 4.90 Å². The van der Waals surface area contributed by atoms with Gasteiger partial charge in [-0.25, -0.2) is 4.79 Å². The summed E-state index contributed by atoms with van der Waals surface area (Å²) in [5.41, 5.74) is 4.33. The molecule has 0 saturated carbocycles. The zero-order valence-electron chi connectivity index (χ0n) is 14.6. The fraction of sp³-hybridized carbons (Fsp3) is 0.333. The summed E-state index contributed by atoms with van der Waals surface area (Å²) in [5.74, 6) is -0.619. The molecule has 128 valence electrons. The first-order valence-electron chi connectivity index (χ1n) is 7.55. The van der Waals surface area contributed by atoms with Gasteiger partial charge in [0.25, 0.3) is 0 Å². The highest BCUT2D eigenvalue weighted by atomic mass is 32.1. The van der Waals surface area contributed by atoms with Gasteiger partial charge in [0.1, 0.15) is 10.6 Å². The number of methoxy groups -OCH3 is 1. The number of ether oxygens (including phenoxy) is 1. The maximum Gasteiger partial charge on any atom is 0.341 e. The lowest BCUT2D eigenvalue weighted by Gasteiger charge is -2.12. The summed E-state index contributed by atoms with van der Waals surface area (Å²) in [6.45, 7) is 4.25. The first kappa shape index (κ1) is 18.2. The van der Waals surface area contributed by atoms with Crippen LogP contribution in [0.4, 0.5) is 5.00 Å². The molecule has 1 aromatic heterocycles. The minimum Gasteiger partial charge on any atom is -0.465 e. The Morgan fingerprint density at radius 2 is 1.92 bits per heavy atom. The van der Waals surface area contributed by atoms with Gasteiger partial charge in [-0.15, -0.1) is 11.3 Å². The molecule has 0 atom stereocenters. The van der Waals surface area contributed by atoms with Crippen LogP contribution in [0, 0.1) is 13.8 Å². The number of likely N-dealkylation sites (N-methyl/N-ethyl adjacent to an activating group) is 1. The Morgan fingerprint density at radius 3 is 2.54 bits per heavy atom. The standard InChI is InChI=1S/C18H22N2O3S/c1-11-6-7-12(2)13(8-11)14-10-24-17(16(14)18(22)23-5)19-15(21)9-20(3)4/h6-8,10H,9H2,1-5H3,(H,19,21). The molecule has 0 bridgehead atoms. The number of rotatable bonds is 5. The molecule has 0 aliphatic heterocycles. The zero-order valence-corrected chi connectivity index (χ0v) is 15.4. The molecule has 0 aliphatic carbocycles. The molecular formula is C18H22N2O3S. The minimum atomic E-state index is -0.452. The van der Waals surface area contributed by atoms with E-state index < -0.39 is 5.97 Å². The third-order valence-electron chi connectivity index (χ3n) is 3.58. The second kappa shape index (κ2) is 7.59. The Hall–Kier alpha value is -2.18. The van der Waals surface area contributed by atoms with Crippen LogP contribution in [0.25, 0.3) is 11.1 Å². The molecule has 0 fully saturated rings. The van der Waals surface area contributed by atoms with E-state index in [9.17, 15) is 9.59 Å². The number of hydrogen-bond acceptors (Lipinski definition) is 5. The lowest BCUT2D eigenvalue weighted by atomic mass is 9.97. The van der Waals surface area contributed by atoms with Crippen molar-refractivity contribution in [2.24, 2.45) is 0 Å². The van der Waals surface area contributed by atoms with E-state index >= 15 is 0 Å². The van der Waals surface area contributed by atoms with Crippen LogP contribution in [0.5, 0.6) is 0 Å². The third-order valence-corrected chi connectivity index (χ3v) is 4.47. The van der Waals surface area contributed by atoms with Crippen LogP contribution < -0.4 is 5.32 Å². The van der Waals surface area contributed by atoms with Crippen molar-refractivity contribution in [3.05, 3.63) is 40.3 Å². The van der Waals surface area contributed by atoms with Crippen molar-refractivity contribution in [2.45, 2.75) is 13.8 Å². The van der Waals surface area contributed by atoms with Crippen molar-refractivity contribution in [2.75, 3.05) is 33.1 Å². The van der Waals surface area contributed by atoms with Crippen LogP contribution in [-0.4, -0.2) is 44.5 Å². The Bertz CT molecular complexity index is 766. The Balaban J connectivity index is 2.48. The van der Waals surface area contributed by atoms with E-state index in [4.69, 9.17) is 4.74 Å². The lowest BCUT2D eigenvalue weighted by molar-refractivity contribution is -0.116. The van der Waals surface area contributed by atoms with Gasteiger partial charge < -0.3 is 15.0 Å². The van der Waals surface area contributed by atoms with Crippen LogP contribution >= 0.6 is 11.3 Å². The second-order valence-corrected chi connectivity index (χ2v) is 6.83. The molecule has 0 radical (unpaired) electrons. The number of carbonyl (C=O) groups is 2. The van der Waals surface area contributed by atoms with Crippen molar-refractivity contribution in [1.29, 1.82) is 0 Å². The van der Waals surface area contributed by atoms with Crippen LogP contribution in [0.3, 0.4) is 0 Å². The average molecular weight is 346 g/mol. The number of esters is 1. The van der Waals surface area contributed by atoms with E-state index in [1.807, 2.05) is 51.5 Å². The Kier molecular flexibility index (Phi) is 5.75. The van der Waals surface area contributed by atoms with Gasteiger partial charge in [-0.2, -0.15) is 0 Å². The van der Waals surface area contributed by atoms with Crippen molar-refractivity contribution < 1.29 is 14.3 Å². The highest BCUT2D eigenvalue weighted by molar-refractivity contribution is 7.15. The van der Waals surface area contributed by atoms with Crippen LogP contribution in [0.1, 0.15) is 21.5 Å². The van der Waals surface area contributed by atoms with Crippen molar-refractivity contribution >= 4 is 28.2 Å². The number of carbonyl (C=O) groups excluding carboxylic acids is 2. The second-order valence-electron chi connectivity index (χ2n) is 5.95. The number of aryl methyl sites for hydroxylation is 2. The number of nitrogens with one attached hydrogen (secondary N) is 1. The van der Waals surface area contributed by atoms with Gasteiger partial charge in [0.2, 0.25) is 5.91 Å². The molecule has 2 rings (SSSR count). The van der Waals surface area contributed by atoms with Gasteiger partial charge in [0.15, 0.2) is 0 Å². The third kappa shape index (κ3) is 4.01. The first-order valence-corrected chi connectivity index (χ1v) is 8.43. The Morgan fingerprint density at radius 1 is 1.21 bits per heavy atom. The molecule has 6 heteroatoms. The fourth-order valence-corrected chi connectivity index (χ4v) is 3.40. The number of thiophene rings is 1. The molecule has 1 heterocycles. The summed E-state index contributed by atoms with van der Waals surface area (Å²) in [6.07, 6.45) is 0. The molecule has 0 spiro atoms. The number of anilines is 1. The molecule has 2 aromatic rings. The van der Waals surface area contributed by atoms with E-state index in [1.54, 1.807) is 4.90 Å². The van der Waals surface area contributed by atoms with Gasteiger partial charge in [0.05, 0.1) is 13.7 Å². The van der Waals surface area contributed by atoms with Crippen molar-refractivity contribution in [3.63, 3.8) is 0 Å². The Labute approximate surface area is 146 Å². The maximum atomic E-state index is 12.3. The SMILES string of the molecule is COC(=O)c1c(-c2cc(C)ccc2C)csc1NC(=O)CN(C)C. The van der Waals surface area contributed by atoms with Gasteiger partial charge >= 0.3 is 5.97 Å². The van der Waals surface area contributed by atoms with E-state index in [-0.39, 0.29) is 12.5 Å². The average Bonchev–Trinajstić information content (AvgIpc) is 2.91. The summed E-state index contributed by atoms with van der Waals surface area (Å²) >= 11 is 1.33. The zero-order chi connectivity index (χ0) is 17.9. The van der Waals surface area contributed by atoms with Crippen LogP contribution in [0.2, 0.25) is 0 Å². The number of amides is 1. The summed E-state index contributed by atoms with van der Waals surface area (Å²) in [5, 5.41) is 5.22. The highest BCUT2D eigenvalue weighted by Crippen LogP contribution is 2.37. The molecule has 24 heavy (non-hydrogen) atoms. The molecule has 0 unspecified atom stereocenters. The highest BCUT2D eigenvalue weighted by Gasteiger charge is 2.23. The number of benzene rings is 1. The van der Waals surface area contributed by atoms with Gasteiger partial charge in [-0.3, -0.25) is 4.79 Å². The van der Waals surface area contributed by atoms with E-state index in [0.717, 1.165) is 22.3 Å². The van der Waals surface area contributed by atoms with Crippen LogP contribution in [0.15, 0.2) is 23.6 Å². The molecule has 1 amide bonds.